The molecule has 0 amide bonds. The minimum absolute atomic E-state index is 0.110. The molecule has 1 atom stereocenters. The van der Waals surface area contributed by atoms with Crippen LogP contribution in [0.1, 0.15) is 24.0 Å². The van der Waals surface area contributed by atoms with Gasteiger partial charge in [0.1, 0.15) is 0 Å². The number of hydrogen-bond acceptors (Lipinski definition) is 2. The Kier molecular flexibility index (Phi) is 6.15. The van der Waals surface area contributed by atoms with Crippen molar-refractivity contribution in [3.05, 3.63) is 71.8 Å². The monoisotopic (exact) mass is 336 g/mol. The molecule has 0 bridgehead atoms. The van der Waals surface area contributed by atoms with E-state index in [4.69, 9.17) is 4.74 Å². The third-order valence-corrected chi connectivity index (χ3v) is 3.87. The maximum atomic E-state index is 13.4. The summed E-state index contributed by atoms with van der Waals surface area (Å²) in [5, 5.41) is 0. The van der Waals surface area contributed by atoms with E-state index in [1.165, 1.54) is 0 Å². The molecule has 0 radical (unpaired) electrons. The summed E-state index contributed by atoms with van der Waals surface area (Å²) in [6.45, 7) is -0.259. The molecule has 128 valence electrons. The molecule has 2 rings (SSSR count). The number of rotatable bonds is 8. The number of alkyl halides is 3. The van der Waals surface area contributed by atoms with Crippen LogP contribution in [-0.2, 0) is 22.6 Å². The van der Waals surface area contributed by atoms with Crippen LogP contribution in [0.25, 0.3) is 0 Å². The van der Waals surface area contributed by atoms with Gasteiger partial charge in [0, 0.05) is 0 Å². The van der Waals surface area contributed by atoms with E-state index in [0.717, 1.165) is 5.56 Å². The molecule has 0 saturated carbocycles. The smallest absolute Gasteiger partial charge is 0.354 e. The summed E-state index contributed by atoms with van der Waals surface area (Å²) in [5.74, 6) is 0. The maximum absolute atomic E-state index is 13.4. The standard InChI is InChI=1S/C19H19F3O2/c20-19(21,22)18(15-23,24-14-17-10-5-2-6-11-17)13-7-12-16-8-3-1-4-9-16/h1-6,8-11,15H,7,12-14H2. The van der Waals surface area contributed by atoms with Crippen LogP contribution >= 0.6 is 0 Å². The molecule has 0 aliphatic heterocycles. The van der Waals surface area contributed by atoms with Crippen molar-refractivity contribution in [3.63, 3.8) is 0 Å². The van der Waals surface area contributed by atoms with Crippen LogP contribution in [0.3, 0.4) is 0 Å². The first-order chi connectivity index (χ1) is 11.5. The fourth-order valence-corrected chi connectivity index (χ4v) is 2.44. The Morgan fingerprint density at radius 3 is 1.92 bits per heavy atom. The quantitative estimate of drug-likeness (QED) is 0.652. The summed E-state index contributed by atoms with van der Waals surface area (Å²) in [7, 11) is 0. The molecule has 2 aromatic rings. The number of halogens is 3. The molecular formula is C19H19F3O2. The van der Waals surface area contributed by atoms with Crippen molar-refractivity contribution in [3.8, 4) is 0 Å². The van der Waals surface area contributed by atoms with Gasteiger partial charge in [0.2, 0.25) is 5.60 Å². The normalized spacial score (nSPS) is 14.1. The molecule has 0 aromatic heterocycles. The van der Waals surface area contributed by atoms with E-state index in [1.54, 1.807) is 30.3 Å². The van der Waals surface area contributed by atoms with Crippen molar-refractivity contribution in [1.82, 2.24) is 0 Å². The number of ether oxygens (including phenoxy) is 1. The lowest BCUT2D eigenvalue weighted by molar-refractivity contribution is -0.266. The highest BCUT2D eigenvalue weighted by Gasteiger charge is 2.55. The average molecular weight is 336 g/mol. The summed E-state index contributed by atoms with van der Waals surface area (Å²) >= 11 is 0. The van der Waals surface area contributed by atoms with Crippen LogP contribution in [-0.4, -0.2) is 18.1 Å². The second-order valence-electron chi connectivity index (χ2n) is 5.62. The number of benzene rings is 2. The summed E-state index contributed by atoms with van der Waals surface area (Å²) in [6.07, 6.45) is -4.60. The molecule has 0 fully saturated rings. The van der Waals surface area contributed by atoms with Crippen molar-refractivity contribution >= 4 is 6.29 Å². The van der Waals surface area contributed by atoms with Gasteiger partial charge in [-0.1, -0.05) is 60.7 Å². The van der Waals surface area contributed by atoms with Crippen molar-refractivity contribution in [2.75, 3.05) is 0 Å². The van der Waals surface area contributed by atoms with Gasteiger partial charge in [-0.2, -0.15) is 13.2 Å². The molecule has 0 aliphatic carbocycles. The van der Waals surface area contributed by atoms with Gasteiger partial charge in [-0.3, -0.25) is 4.79 Å². The third kappa shape index (κ3) is 4.68. The molecule has 0 heterocycles. The highest BCUT2D eigenvalue weighted by Crippen LogP contribution is 2.37. The fourth-order valence-electron chi connectivity index (χ4n) is 2.44. The van der Waals surface area contributed by atoms with Crippen molar-refractivity contribution < 1.29 is 22.7 Å². The Balaban J connectivity index is 2.04. The molecule has 2 nitrogen and oxygen atoms in total. The lowest BCUT2D eigenvalue weighted by Crippen LogP contribution is -2.49. The van der Waals surface area contributed by atoms with E-state index in [0.29, 0.717) is 12.0 Å². The van der Waals surface area contributed by atoms with E-state index in [-0.39, 0.29) is 19.3 Å². The summed E-state index contributed by atoms with van der Waals surface area (Å²) in [6, 6.07) is 17.7. The molecule has 5 heteroatoms. The zero-order chi connectivity index (χ0) is 17.5. The van der Waals surface area contributed by atoms with Crippen LogP contribution < -0.4 is 0 Å². The predicted molar refractivity (Wildman–Crippen MR) is 85.5 cm³/mol. The molecule has 0 aliphatic rings. The molecule has 2 aromatic carbocycles. The first kappa shape index (κ1) is 18.2. The van der Waals surface area contributed by atoms with Crippen LogP contribution in [0.15, 0.2) is 60.7 Å². The molecular weight excluding hydrogens is 317 g/mol. The van der Waals surface area contributed by atoms with Crippen LogP contribution in [0, 0.1) is 0 Å². The van der Waals surface area contributed by atoms with E-state index in [2.05, 4.69) is 0 Å². The SMILES string of the molecule is O=CC(CCCc1ccccc1)(OCc1ccccc1)C(F)(F)F. The largest absolute Gasteiger partial charge is 0.424 e. The minimum atomic E-state index is -4.75. The van der Waals surface area contributed by atoms with E-state index >= 15 is 0 Å². The Morgan fingerprint density at radius 1 is 0.875 bits per heavy atom. The average Bonchev–Trinajstić information content (AvgIpc) is 2.59. The van der Waals surface area contributed by atoms with Crippen molar-refractivity contribution in [2.24, 2.45) is 0 Å². The van der Waals surface area contributed by atoms with Gasteiger partial charge in [0.15, 0.2) is 6.29 Å². The fraction of sp³-hybridized carbons (Fsp3) is 0.316. The second-order valence-corrected chi connectivity index (χ2v) is 5.62. The minimum Gasteiger partial charge on any atom is -0.354 e. The lowest BCUT2D eigenvalue weighted by atomic mass is 9.95. The molecule has 1 unspecified atom stereocenters. The van der Waals surface area contributed by atoms with E-state index < -0.39 is 18.2 Å². The topological polar surface area (TPSA) is 26.3 Å². The third-order valence-electron chi connectivity index (χ3n) is 3.87. The van der Waals surface area contributed by atoms with Gasteiger partial charge in [0.25, 0.3) is 0 Å². The zero-order valence-electron chi connectivity index (χ0n) is 13.1. The Bertz CT molecular complexity index is 626. The number of carbonyl (C=O) groups excluding carboxylic acids is 1. The highest BCUT2D eigenvalue weighted by atomic mass is 19.4. The lowest BCUT2D eigenvalue weighted by Gasteiger charge is -2.30. The van der Waals surface area contributed by atoms with Gasteiger partial charge in [0.05, 0.1) is 6.61 Å². The van der Waals surface area contributed by atoms with Crippen molar-refractivity contribution in [2.45, 2.75) is 37.6 Å². The first-order valence-electron chi connectivity index (χ1n) is 7.72. The van der Waals surface area contributed by atoms with Gasteiger partial charge < -0.3 is 4.74 Å². The second kappa shape index (κ2) is 8.11. The summed E-state index contributed by atoms with van der Waals surface area (Å²) in [5.41, 5.74) is -1.24. The Morgan fingerprint density at radius 2 is 1.42 bits per heavy atom. The maximum Gasteiger partial charge on any atom is 0.424 e. The van der Waals surface area contributed by atoms with E-state index in [9.17, 15) is 18.0 Å². The molecule has 0 saturated heterocycles. The highest BCUT2D eigenvalue weighted by molar-refractivity contribution is 5.64. The van der Waals surface area contributed by atoms with Gasteiger partial charge >= 0.3 is 6.18 Å². The summed E-state index contributed by atoms with van der Waals surface area (Å²) in [4.78, 5) is 11.3. The Labute approximate surface area is 139 Å². The van der Waals surface area contributed by atoms with Crippen LogP contribution in [0.4, 0.5) is 13.2 Å². The number of hydrogen-bond donors (Lipinski definition) is 0. The number of aldehydes is 1. The number of carbonyl (C=O) groups is 1. The predicted octanol–water partition coefficient (Wildman–Crippen LogP) is 4.73. The van der Waals surface area contributed by atoms with Gasteiger partial charge in [-0.15, -0.1) is 0 Å². The van der Waals surface area contributed by atoms with E-state index in [1.807, 2.05) is 30.3 Å². The molecule has 24 heavy (non-hydrogen) atoms. The zero-order valence-corrected chi connectivity index (χ0v) is 13.1. The molecule has 0 N–H and O–H groups in total. The van der Waals surface area contributed by atoms with Gasteiger partial charge in [-0.05, 0) is 30.4 Å². The van der Waals surface area contributed by atoms with Crippen molar-refractivity contribution in [1.29, 1.82) is 0 Å². The van der Waals surface area contributed by atoms with Crippen LogP contribution in [0.2, 0.25) is 0 Å². The Hall–Kier alpha value is -2.14. The van der Waals surface area contributed by atoms with Gasteiger partial charge in [-0.25, -0.2) is 0 Å². The molecule has 0 spiro atoms. The summed E-state index contributed by atoms with van der Waals surface area (Å²) < 4.78 is 45.4. The van der Waals surface area contributed by atoms with Crippen LogP contribution in [0.5, 0.6) is 0 Å². The number of aryl methyl sites for hydroxylation is 1. The first-order valence-corrected chi connectivity index (χ1v) is 7.72.